The molecule has 0 saturated heterocycles. The van der Waals surface area contributed by atoms with Gasteiger partial charge in [-0.3, -0.25) is 9.48 Å². The molecule has 3 aromatic rings. The summed E-state index contributed by atoms with van der Waals surface area (Å²) in [6.07, 6.45) is -4.59. The fourth-order valence-electron chi connectivity index (χ4n) is 2.49. The molecule has 0 unspecified atom stereocenters. The quantitative estimate of drug-likeness (QED) is 0.697. The maximum atomic E-state index is 13.0. The summed E-state index contributed by atoms with van der Waals surface area (Å²) < 4.78 is 53.5. The van der Waals surface area contributed by atoms with Crippen LogP contribution < -0.4 is 5.32 Å². The van der Waals surface area contributed by atoms with Gasteiger partial charge in [-0.15, -0.1) is 0 Å². The molecule has 1 amide bonds. The standard InChI is InChI=1S/C18H13F4N3O/c1-25-16(11-6-8-12(19)9-7-11)10-15(24-25)17(26)23-14-5-3-2-4-13(14)18(20,21)22/h2-10H,1H3,(H,23,26). The monoisotopic (exact) mass is 363 g/mol. The number of anilines is 1. The van der Waals surface area contributed by atoms with E-state index in [1.165, 1.54) is 53.2 Å². The van der Waals surface area contributed by atoms with Gasteiger partial charge in [-0.2, -0.15) is 18.3 Å². The van der Waals surface area contributed by atoms with E-state index >= 15 is 0 Å². The van der Waals surface area contributed by atoms with Crippen LogP contribution in [0.5, 0.6) is 0 Å². The molecule has 0 aliphatic heterocycles. The number of alkyl halides is 3. The van der Waals surface area contributed by atoms with Crippen LogP contribution in [-0.4, -0.2) is 15.7 Å². The highest BCUT2D eigenvalue weighted by atomic mass is 19.4. The van der Waals surface area contributed by atoms with Crippen molar-refractivity contribution in [2.75, 3.05) is 5.32 Å². The molecule has 0 atom stereocenters. The first-order valence-corrected chi connectivity index (χ1v) is 7.53. The number of amides is 1. The number of benzene rings is 2. The van der Waals surface area contributed by atoms with Crippen molar-refractivity contribution in [3.05, 3.63) is 71.7 Å². The lowest BCUT2D eigenvalue weighted by Crippen LogP contribution is -2.17. The second-order valence-corrected chi connectivity index (χ2v) is 5.54. The third-order valence-corrected chi connectivity index (χ3v) is 3.73. The SMILES string of the molecule is Cn1nc(C(=O)Nc2ccccc2C(F)(F)F)cc1-c1ccc(F)cc1. The topological polar surface area (TPSA) is 46.9 Å². The number of nitrogens with zero attached hydrogens (tertiary/aromatic N) is 2. The first kappa shape index (κ1) is 17.7. The Labute approximate surface area is 146 Å². The minimum absolute atomic E-state index is 0.0520. The van der Waals surface area contributed by atoms with Gasteiger partial charge in [-0.25, -0.2) is 4.39 Å². The van der Waals surface area contributed by atoms with Crippen molar-refractivity contribution in [1.82, 2.24) is 9.78 Å². The minimum atomic E-state index is -4.59. The molecule has 8 heteroatoms. The van der Waals surface area contributed by atoms with E-state index < -0.39 is 23.5 Å². The average Bonchev–Trinajstić information content (AvgIpc) is 2.97. The maximum absolute atomic E-state index is 13.0. The highest BCUT2D eigenvalue weighted by Gasteiger charge is 2.33. The van der Waals surface area contributed by atoms with Crippen LogP contribution in [0.25, 0.3) is 11.3 Å². The Hall–Kier alpha value is -3.16. The second kappa shape index (κ2) is 6.62. The second-order valence-electron chi connectivity index (χ2n) is 5.54. The number of carbonyl (C=O) groups excluding carboxylic acids is 1. The highest BCUT2D eigenvalue weighted by molar-refractivity contribution is 6.04. The Morgan fingerprint density at radius 2 is 1.73 bits per heavy atom. The van der Waals surface area contributed by atoms with E-state index in [1.807, 2.05) is 0 Å². The predicted molar refractivity (Wildman–Crippen MR) is 88.0 cm³/mol. The van der Waals surface area contributed by atoms with E-state index in [0.717, 1.165) is 6.07 Å². The number of hydrogen-bond acceptors (Lipinski definition) is 2. The number of rotatable bonds is 3. The Balaban J connectivity index is 1.88. The Bertz CT molecular complexity index is 946. The predicted octanol–water partition coefficient (Wildman–Crippen LogP) is 4.50. The van der Waals surface area contributed by atoms with Crippen LogP contribution in [0.2, 0.25) is 0 Å². The zero-order valence-electron chi connectivity index (χ0n) is 13.5. The Morgan fingerprint density at radius 3 is 2.38 bits per heavy atom. The summed E-state index contributed by atoms with van der Waals surface area (Å²) in [7, 11) is 1.58. The molecule has 0 aliphatic rings. The van der Waals surface area contributed by atoms with Crippen molar-refractivity contribution in [2.45, 2.75) is 6.18 Å². The summed E-state index contributed by atoms with van der Waals surface area (Å²) in [6, 6.07) is 11.7. The first-order chi connectivity index (χ1) is 12.3. The van der Waals surface area contributed by atoms with Gasteiger partial charge in [0.15, 0.2) is 5.69 Å². The normalized spacial score (nSPS) is 11.4. The van der Waals surface area contributed by atoms with E-state index in [9.17, 15) is 22.4 Å². The summed E-state index contributed by atoms with van der Waals surface area (Å²) >= 11 is 0. The van der Waals surface area contributed by atoms with E-state index in [4.69, 9.17) is 0 Å². The van der Waals surface area contributed by atoms with Crippen LogP contribution >= 0.6 is 0 Å². The van der Waals surface area contributed by atoms with Crippen LogP contribution in [0.4, 0.5) is 23.2 Å². The number of aromatic nitrogens is 2. The molecule has 0 fully saturated rings. The van der Waals surface area contributed by atoms with E-state index in [0.29, 0.717) is 11.3 Å². The van der Waals surface area contributed by atoms with E-state index in [1.54, 1.807) is 7.05 Å². The summed E-state index contributed by atoms with van der Waals surface area (Å²) in [5.41, 5.74) is -0.193. The number of carbonyl (C=O) groups is 1. The molecular weight excluding hydrogens is 350 g/mol. The summed E-state index contributed by atoms with van der Waals surface area (Å²) in [5.74, 6) is -1.18. The third-order valence-electron chi connectivity index (χ3n) is 3.73. The van der Waals surface area contributed by atoms with Crippen LogP contribution in [-0.2, 0) is 13.2 Å². The Morgan fingerprint density at radius 1 is 1.08 bits per heavy atom. The van der Waals surface area contributed by atoms with Gasteiger partial charge in [0.25, 0.3) is 5.91 Å². The largest absolute Gasteiger partial charge is 0.418 e. The first-order valence-electron chi connectivity index (χ1n) is 7.53. The number of hydrogen-bond donors (Lipinski definition) is 1. The molecule has 2 aromatic carbocycles. The summed E-state index contributed by atoms with van der Waals surface area (Å²) in [6.45, 7) is 0. The van der Waals surface area contributed by atoms with Gasteiger partial charge < -0.3 is 5.32 Å². The molecule has 0 spiro atoms. The molecule has 134 valence electrons. The van der Waals surface area contributed by atoms with Gasteiger partial charge in [0.2, 0.25) is 0 Å². The van der Waals surface area contributed by atoms with Gasteiger partial charge in [0.05, 0.1) is 16.9 Å². The van der Waals surface area contributed by atoms with Crippen LogP contribution in [0.1, 0.15) is 16.1 Å². The fourth-order valence-corrected chi connectivity index (χ4v) is 2.49. The third kappa shape index (κ3) is 3.58. The van der Waals surface area contributed by atoms with Gasteiger partial charge in [0.1, 0.15) is 5.82 Å². The molecule has 0 aliphatic carbocycles. The van der Waals surface area contributed by atoms with Gasteiger partial charge in [0, 0.05) is 7.05 Å². The van der Waals surface area contributed by atoms with Crippen LogP contribution in [0.3, 0.4) is 0 Å². The lowest BCUT2D eigenvalue weighted by molar-refractivity contribution is -0.136. The molecule has 0 bridgehead atoms. The lowest BCUT2D eigenvalue weighted by atomic mass is 10.1. The maximum Gasteiger partial charge on any atom is 0.418 e. The molecule has 3 rings (SSSR count). The summed E-state index contributed by atoms with van der Waals surface area (Å²) in [5, 5.41) is 6.27. The molecule has 1 aromatic heterocycles. The van der Waals surface area contributed by atoms with Crippen molar-refractivity contribution in [3.8, 4) is 11.3 Å². The van der Waals surface area contributed by atoms with Crippen molar-refractivity contribution < 1.29 is 22.4 Å². The van der Waals surface area contributed by atoms with Crippen molar-refractivity contribution >= 4 is 11.6 Å². The molecular formula is C18H13F4N3O. The zero-order chi connectivity index (χ0) is 18.9. The van der Waals surface area contributed by atoms with Crippen molar-refractivity contribution in [1.29, 1.82) is 0 Å². The molecule has 4 nitrogen and oxygen atoms in total. The Kier molecular flexibility index (Phi) is 4.50. The van der Waals surface area contributed by atoms with Crippen LogP contribution in [0, 0.1) is 5.82 Å². The van der Waals surface area contributed by atoms with E-state index in [2.05, 4.69) is 10.4 Å². The highest BCUT2D eigenvalue weighted by Crippen LogP contribution is 2.34. The number of nitrogens with one attached hydrogen (secondary N) is 1. The number of aryl methyl sites for hydroxylation is 1. The fraction of sp³-hybridized carbons (Fsp3) is 0.111. The molecule has 1 heterocycles. The smallest absolute Gasteiger partial charge is 0.320 e. The number of para-hydroxylation sites is 1. The summed E-state index contributed by atoms with van der Waals surface area (Å²) in [4.78, 5) is 12.3. The van der Waals surface area contributed by atoms with Crippen molar-refractivity contribution in [3.63, 3.8) is 0 Å². The van der Waals surface area contributed by atoms with Gasteiger partial charge in [-0.05, 0) is 48.0 Å². The van der Waals surface area contributed by atoms with Gasteiger partial charge >= 0.3 is 6.18 Å². The minimum Gasteiger partial charge on any atom is -0.320 e. The molecule has 0 saturated carbocycles. The lowest BCUT2D eigenvalue weighted by Gasteiger charge is -2.12. The van der Waals surface area contributed by atoms with Gasteiger partial charge in [-0.1, -0.05) is 12.1 Å². The average molecular weight is 363 g/mol. The van der Waals surface area contributed by atoms with Crippen molar-refractivity contribution in [2.24, 2.45) is 7.05 Å². The zero-order valence-corrected chi connectivity index (χ0v) is 13.5. The molecule has 0 radical (unpaired) electrons. The van der Waals surface area contributed by atoms with E-state index in [-0.39, 0.29) is 11.4 Å². The number of halogens is 4. The molecule has 1 N–H and O–H groups in total. The van der Waals surface area contributed by atoms with Crippen LogP contribution in [0.15, 0.2) is 54.6 Å². The molecule has 26 heavy (non-hydrogen) atoms.